The number of pyridine rings is 1. The van der Waals surface area contributed by atoms with Crippen LogP contribution in [-0.4, -0.2) is 72.1 Å². The van der Waals surface area contributed by atoms with Crippen molar-refractivity contribution >= 4 is 40.7 Å². The summed E-state index contributed by atoms with van der Waals surface area (Å²) in [5, 5.41) is 4.90. The number of nitrogens with two attached hydrogens (primary N) is 1. The van der Waals surface area contributed by atoms with E-state index in [1.165, 1.54) is 11.9 Å². The molecule has 2 unspecified atom stereocenters. The Kier molecular flexibility index (Phi) is 9.49. The molecule has 2 saturated heterocycles. The van der Waals surface area contributed by atoms with Crippen LogP contribution in [0.5, 0.6) is 0 Å². The molecule has 0 bridgehead atoms. The minimum atomic E-state index is -0.935. The van der Waals surface area contributed by atoms with Crippen LogP contribution in [0.3, 0.4) is 0 Å². The number of rotatable bonds is 9. The van der Waals surface area contributed by atoms with Gasteiger partial charge in [-0.15, -0.1) is 0 Å². The number of primary amides is 1. The molecule has 1 aromatic heterocycles. The molecule has 0 spiro atoms. The van der Waals surface area contributed by atoms with E-state index in [4.69, 9.17) is 15.2 Å². The second kappa shape index (κ2) is 13.0. The second-order valence-electron chi connectivity index (χ2n) is 10.3. The van der Waals surface area contributed by atoms with Crippen molar-refractivity contribution < 1.29 is 28.7 Å². The number of carbonyl (C=O) groups excluding carboxylic acids is 4. The SMILES string of the molecule is CCc1ccc2ccc(/C=C/C3(C(=O)OCC(=O)NC(C)C(=O)N4CCCC(C(N)=O)N4)CCOCC3)cc2n1. The minimum Gasteiger partial charge on any atom is -0.455 e. The number of hydrazine groups is 1. The van der Waals surface area contributed by atoms with E-state index in [2.05, 4.69) is 22.7 Å². The Balaban J connectivity index is 1.37. The molecule has 0 saturated carbocycles. The van der Waals surface area contributed by atoms with E-state index in [1.54, 1.807) is 0 Å². The Labute approximate surface area is 233 Å². The van der Waals surface area contributed by atoms with Gasteiger partial charge < -0.3 is 20.5 Å². The van der Waals surface area contributed by atoms with Gasteiger partial charge in [0.15, 0.2) is 6.61 Å². The molecule has 214 valence electrons. The lowest BCUT2D eigenvalue weighted by molar-refractivity contribution is -0.160. The van der Waals surface area contributed by atoms with Crippen LogP contribution in [-0.2, 0) is 35.1 Å². The highest BCUT2D eigenvalue weighted by Gasteiger charge is 2.39. The highest BCUT2D eigenvalue weighted by atomic mass is 16.5. The van der Waals surface area contributed by atoms with Crippen LogP contribution in [0.4, 0.5) is 0 Å². The molecule has 3 amide bonds. The van der Waals surface area contributed by atoms with E-state index in [9.17, 15) is 19.2 Å². The lowest BCUT2D eigenvalue weighted by Crippen LogP contribution is -2.60. The van der Waals surface area contributed by atoms with Crippen molar-refractivity contribution in [2.75, 3.05) is 26.4 Å². The van der Waals surface area contributed by atoms with Crippen LogP contribution < -0.4 is 16.5 Å². The number of ether oxygens (including phenoxy) is 2. The smallest absolute Gasteiger partial charge is 0.316 e. The van der Waals surface area contributed by atoms with Gasteiger partial charge in [0.05, 0.1) is 10.9 Å². The van der Waals surface area contributed by atoms with E-state index in [0.717, 1.165) is 28.6 Å². The summed E-state index contributed by atoms with van der Waals surface area (Å²) in [6, 6.07) is 8.49. The zero-order chi connectivity index (χ0) is 28.7. The lowest BCUT2D eigenvalue weighted by Gasteiger charge is -2.34. The van der Waals surface area contributed by atoms with Gasteiger partial charge in [-0.3, -0.25) is 29.2 Å². The molecule has 2 aromatic rings. The number of fused-ring (bicyclic) bond motifs is 1. The van der Waals surface area contributed by atoms with Gasteiger partial charge in [-0.1, -0.05) is 37.3 Å². The summed E-state index contributed by atoms with van der Waals surface area (Å²) < 4.78 is 10.9. The summed E-state index contributed by atoms with van der Waals surface area (Å²) in [6.07, 6.45) is 6.56. The maximum atomic E-state index is 13.3. The van der Waals surface area contributed by atoms with Gasteiger partial charge in [-0.25, -0.2) is 5.43 Å². The van der Waals surface area contributed by atoms with Crippen molar-refractivity contribution in [1.82, 2.24) is 20.7 Å². The van der Waals surface area contributed by atoms with Crippen LogP contribution in [0.25, 0.3) is 17.0 Å². The molecule has 1 aromatic carbocycles. The average Bonchev–Trinajstić information content (AvgIpc) is 2.98. The summed E-state index contributed by atoms with van der Waals surface area (Å²) >= 11 is 0. The van der Waals surface area contributed by atoms with Gasteiger partial charge in [0.2, 0.25) is 5.91 Å². The third kappa shape index (κ3) is 7.02. The van der Waals surface area contributed by atoms with E-state index < -0.39 is 47.8 Å². The number of benzene rings is 1. The summed E-state index contributed by atoms with van der Waals surface area (Å²) in [6.45, 7) is 4.24. The van der Waals surface area contributed by atoms with Crippen LogP contribution >= 0.6 is 0 Å². The van der Waals surface area contributed by atoms with Crippen LogP contribution in [0, 0.1) is 5.41 Å². The zero-order valence-electron chi connectivity index (χ0n) is 23.0. The second-order valence-corrected chi connectivity index (χ2v) is 10.3. The van der Waals surface area contributed by atoms with E-state index in [-0.39, 0.29) is 0 Å². The lowest BCUT2D eigenvalue weighted by atomic mass is 9.79. The predicted molar refractivity (Wildman–Crippen MR) is 148 cm³/mol. The fourth-order valence-electron chi connectivity index (χ4n) is 4.91. The Morgan fingerprint density at radius 2 is 2.00 bits per heavy atom. The van der Waals surface area contributed by atoms with Crippen molar-refractivity contribution in [3.05, 3.63) is 47.7 Å². The number of hydrogen-bond acceptors (Lipinski definition) is 8. The number of nitrogens with zero attached hydrogens (tertiary/aromatic N) is 2. The summed E-state index contributed by atoms with van der Waals surface area (Å²) in [5.74, 6) is -2.07. The molecule has 4 rings (SSSR count). The Hall–Kier alpha value is -3.83. The molecule has 11 nitrogen and oxygen atoms in total. The first-order chi connectivity index (χ1) is 19.2. The third-order valence-corrected chi connectivity index (χ3v) is 7.40. The van der Waals surface area contributed by atoms with Crippen LogP contribution in [0.15, 0.2) is 36.4 Å². The molecule has 0 radical (unpaired) electrons. The summed E-state index contributed by atoms with van der Waals surface area (Å²) in [4.78, 5) is 54.7. The molecule has 2 aliphatic rings. The maximum Gasteiger partial charge on any atom is 0.316 e. The summed E-state index contributed by atoms with van der Waals surface area (Å²) in [5.41, 5.74) is 10.0. The van der Waals surface area contributed by atoms with E-state index >= 15 is 0 Å². The van der Waals surface area contributed by atoms with Gasteiger partial charge in [0, 0.05) is 30.8 Å². The highest BCUT2D eigenvalue weighted by Crippen LogP contribution is 2.34. The number of aryl methyl sites for hydroxylation is 1. The monoisotopic (exact) mass is 551 g/mol. The fraction of sp³-hybridized carbons (Fsp3) is 0.483. The molecule has 40 heavy (non-hydrogen) atoms. The van der Waals surface area contributed by atoms with Gasteiger partial charge in [0.1, 0.15) is 12.1 Å². The molecular formula is C29H37N5O6. The topological polar surface area (TPSA) is 153 Å². The molecule has 11 heteroatoms. The summed E-state index contributed by atoms with van der Waals surface area (Å²) in [7, 11) is 0. The molecule has 4 N–H and O–H groups in total. The number of aromatic nitrogens is 1. The first-order valence-electron chi connectivity index (χ1n) is 13.7. The molecule has 3 heterocycles. The standard InChI is InChI=1S/C29H37N5O6/c1-3-22-9-8-21-7-6-20(17-24(21)32-22)10-11-29(12-15-39-16-13-29)28(38)40-18-25(35)31-19(2)27(37)34-14-4-5-23(33-34)26(30)36/h6-11,17,19,23,33H,3-5,12-16,18H2,1-2H3,(H2,30,36)(H,31,35)/b11-10+. The number of carbonyl (C=O) groups is 4. The molecule has 2 fully saturated rings. The van der Waals surface area contributed by atoms with Gasteiger partial charge >= 0.3 is 5.97 Å². The van der Waals surface area contributed by atoms with Crippen LogP contribution in [0.2, 0.25) is 0 Å². The third-order valence-electron chi connectivity index (χ3n) is 7.40. The Bertz CT molecular complexity index is 1290. The fourth-order valence-corrected chi connectivity index (χ4v) is 4.91. The predicted octanol–water partition coefficient (Wildman–Crippen LogP) is 1.64. The van der Waals surface area contributed by atoms with Crippen molar-refractivity contribution in [3.8, 4) is 0 Å². The van der Waals surface area contributed by atoms with Crippen molar-refractivity contribution in [3.63, 3.8) is 0 Å². The zero-order valence-corrected chi connectivity index (χ0v) is 23.0. The first-order valence-corrected chi connectivity index (χ1v) is 13.7. The number of nitrogens with one attached hydrogen (secondary N) is 2. The quantitative estimate of drug-likeness (QED) is 0.398. The number of esters is 1. The normalized spacial score (nSPS) is 19.8. The van der Waals surface area contributed by atoms with Gasteiger partial charge in [0.25, 0.3) is 11.8 Å². The Morgan fingerprint density at radius 1 is 1.25 bits per heavy atom. The maximum absolute atomic E-state index is 13.3. The molecule has 0 aliphatic carbocycles. The first kappa shape index (κ1) is 29.2. The largest absolute Gasteiger partial charge is 0.455 e. The average molecular weight is 552 g/mol. The van der Waals surface area contributed by atoms with Crippen molar-refractivity contribution in [1.29, 1.82) is 0 Å². The molecule has 2 aliphatic heterocycles. The number of amides is 3. The van der Waals surface area contributed by atoms with Crippen molar-refractivity contribution in [2.45, 2.75) is 58.0 Å². The minimum absolute atomic E-state index is 0.391. The van der Waals surface area contributed by atoms with E-state index in [1.807, 2.05) is 42.5 Å². The highest BCUT2D eigenvalue weighted by molar-refractivity contribution is 5.90. The van der Waals surface area contributed by atoms with Gasteiger partial charge in [-0.05, 0) is 56.7 Å². The van der Waals surface area contributed by atoms with Gasteiger partial charge in [-0.2, -0.15) is 0 Å². The van der Waals surface area contributed by atoms with Crippen molar-refractivity contribution in [2.24, 2.45) is 11.1 Å². The molecule has 2 atom stereocenters. The van der Waals surface area contributed by atoms with E-state index in [0.29, 0.717) is 45.4 Å². The van der Waals surface area contributed by atoms with Crippen LogP contribution in [0.1, 0.15) is 50.8 Å². The Morgan fingerprint density at radius 3 is 2.73 bits per heavy atom. The number of hydrogen-bond donors (Lipinski definition) is 3. The molecular weight excluding hydrogens is 514 g/mol.